The van der Waals surface area contributed by atoms with Gasteiger partial charge in [0.1, 0.15) is 0 Å². The molecule has 1 amide bonds. The SMILES string of the molecule is COCCCC(N)C(=O)Nc1ccc2oc(=O)[nH]c2c1. The van der Waals surface area contributed by atoms with Gasteiger partial charge in [0.15, 0.2) is 5.58 Å². The number of amides is 1. The van der Waals surface area contributed by atoms with E-state index in [4.69, 9.17) is 14.9 Å². The summed E-state index contributed by atoms with van der Waals surface area (Å²) in [4.78, 5) is 25.4. The zero-order valence-corrected chi connectivity index (χ0v) is 11.1. The minimum Gasteiger partial charge on any atom is -0.408 e. The Balaban J connectivity index is 2.00. The van der Waals surface area contributed by atoms with Crippen molar-refractivity contribution in [2.24, 2.45) is 5.73 Å². The molecule has 0 saturated carbocycles. The summed E-state index contributed by atoms with van der Waals surface area (Å²) in [5.41, 5.74) is 7.31. The molecule has 2 aromatic rings. The van der Waals surface area contributed by atoms with Gasteiger partial charge in [-0.2, -0.15) is 0 Å². The molecular weight excluding hydrogens is 262 g/mol. The predicted octanol–water partition coefficient (Wildman–Crippen LogP) is 0.814. The normalized spacial score (nSPS) is 12.5. The number of hydrogen-bond acceptors (Lipinski definition) is 5. The zero-order valence-electron chi connectivity index (χ0n) is 11.1. The molecule has 0 radical (unpaired) electrons. The van der Waals surface area contributed by atoms with Crippen molar-refractivity contribution in [3.8, 4) is 0 Å². The summed E-state index contributed by atoms with van der Waals surface area (Å²) in [6, 6.07) is 4.29. The highest BCUT2D eigenvalue weighted by Crippen LogP contribution is 2.16. The molecule has 0 saturated heterocycles. The van der Waals surface area contributed by atoms with Crippen molar-refractivity contribution in [1.29, 1.82) is 0 Å². The van der Waals surface area contributed by atoms with Crippen LogP contribution in [0.3, 0.4) is 0 Å². The van der Waals surface area contributed by atoms with E-state index in [0.717, 1.165) is 6.42 Å². The average Bonchev–Trinajstić information content (AvgIpc) is 2.78. The lowest BCUT2D eigenvalue weighted by molar-refractivity contribution is -0.117. The Labute approximate surface area is 115 Å². The lowest BCUT2D eigenvalue weighted by Crippen LogP contribution is -2.35. The molecular formula is C13H17N3O4. The Bertz CT molecular complexity index is 646. The molecule has 1 heterocycles. The van der Waals surface area contributed by atoms with E-state index in [1.165, 1.54) is 0 Å². The molecule has 7 nitrogen and oxygen atoms in total. The second-order valence-electron chi connectivity index (χ2n) is 4.46. The fraction of sp³-hybridized carbons (Fsp3) is 0.385. The Morgan fingerprint density at radius 3 is 3.10 bits per heavy atom. The zero-order chi connectivity index (χ0) is 14.5. The fourth-order valence-corrected chi connectivity index (χ4v) is 1.84. The number of carbonyl (C=O) groups excluding carboxylic acids is 1. The van der Waals surface area contributed by atoms with E-state index in [-0.39, 0.29) is 5.91 Å². The van der Waals surface area contributed by atoms with Gasteiger partial charge in [-0.05, 0) is 31.0 Å². The summed E-state index contributed by atoms with van der Waals surface area (Å²) in [5.74, 6) is -0.800. The summed E-state index contributed by atoms with van der Waals surface area (Å²) in [6.45, 7) is 0.573. The maximum atomic E-state index is 11.9. The van der Waals surface area contributed by atoms with Gasteiger partial charge in [0.2, 0.25) is 5.91 Å². The number of methoxy groups -OCH3 is 1. The minimum absolute atomic E-state index is 0.272. The van der Waals surface area contributed by atoms with Crippen LogP contribution in [0.4, 0.5) is 5.69 Å². The van der Waals surface area contributed by atoms with E-state index in [1.54, 1.807) is 25.3 Å². The molecule has 0 aliphatic rings. The van der Waals surface area contributed by atoms with Gasteiger partial charge in [-0.15, -0.1) is 0 Å². The van der Waals surface area contributed by atoms with Crippen LogP contribution in [0.2, 0.25) is 0 Å². The molecule has 108 valence electrons. The van der Waals surface area contributed by atoms with Crippen molar-refractivity contribution in [1.82, 2.24) is 4.98 Å². The van der Waals surface area contributed by atoms with Gasteiger partial charge in [-0.1, -0.05) is 0 Å². The molecule has 0 aliphatic heterocycles. The van der Waals surface area contributed by atoms with Crippen LogP contribution in [0, 0.1) is 0 Å². The first-order chi connectivity index (χ1) is 9.60. The predicted molar refractivity (Wildman–Crippen MR) is 74.5 cm³/mol. The molecule has 2 rings (SSSR count). The summed E-state index contributed by atoms with van der Waals surface area (Å²) < 4.78 is 9.79. The third-order valence-electron chi connectivity index (χ3n) is 2.89. The van der Waals surface area contributed by atoms with Crippen molar-refractivity contribution in [2.75, 3.05) is 19.0 Å². The molecule has 0 spiro atoms. The lowest BCUT2D eigenvalue weighted by Gasteiger charge is -2.11. The van der Waals surface area contributed by atoms with E-state index in [1.807, 2.05) is 0 Å². The van der Waals surface area contributed by atoms with E-state index in [0.29, 0.717) is 29.8 Å². The van der Waals surface area contributed by atoms with E-state index in [2.05, 4.69) is 10.3 Å². The average molecular weight is 279 g/mol. The van der Waals surface area contributed by atoms with Gasteiger partial charge in [0.05, 0.1) is 11.6 Å². The minimum atomic E-state index is -0.593. The first-order valence-electron chi connectivity index (χ1n) is 6.28. The highest BCUT2D eigenvalue weighted by atomic mass is 16.5. The van der Waals surface area contributed by atoms with E-state index in [9.17, 15) is 9.59 Å². The third-order valence-corrected chi connectivity index (χ3v) is 2.89. The number of nitrogens with one attached hydrogen (secondary N) is 2. The first kappa shape index (κ1) is 14.3. The van der Waals surface area contributed by atoms with Gasteiger partial charge in [-0.25, -0.2) is 4.79 Å². The largest absolute Gasteiger partial charge is 0.417 e. The number of oxazole rings is 1. The number of aromatic nitrogens is 1. The van der Waals surface area contributed by atoms with Crippen molar-refractivity contribution in [3.05, 3.63) is 28.7 Å². The van der Waals surface area contributed by atoms with Gasteiger partial charge >= 0.3 is 5.76 Å². The summed E-state index contributed by atoms with van der Waals surface area (Å²) in [6.07, 6.45) is 1.27. The number of anilines is 1. The monoisotopic (exact) mass is 279 g/mol. The van der Waals surface area contributed by atoms with Crippen molar-refractivity contribution >= 4 is 22.7 Å². The Kier molecular flexibility index (Phi) is 4.54. The topological polar surface area (TPSA) is 110 Å². The fourth-order valence-electron chi connectivity index (χ4n) is 1.84. The lowest BCUT2D eigenvalue weighted by atomic mass is 10.1. The van der Waals surface area contributed by atoms with Crippen LogP contribution >= 0.6 is 0 Å². The number of H-pyrrole nitrogens is 1. The molecule has 0 bridgehead atoms. The molecule has 1 unspecified atom stereocenters. The van der Waals surface area contributed by atoms with Crippen molar-refractivity contribution in [2.45, 2.75) is 18.9 Å². The number of ether oxygens (including phenoxy) is 1. The molecule has 1 aromatic carbocycles. The first-order valence-corrected chi connectivity index (χ1v) is 6.28. The van der Waals surface area contributed by atoms with Gasteiger partial charge in [0.25, 0.3) is 0 Å². The third kappa shape index (κ3) is 3.46. The number of benzene rings is 1. The standard InChI is InChI=1S/C13H17N3O4/c1-19-6-2-3-9(14)12(17)15-8-4-5-11-10(7-8)16-13(18)20-11/h4-5,7,9H,2-3,6,14H2,1H3,(H,15,17)(H,16,18). The van der Waals surface area contributed by atoms with Crippen LogP contribution in [0.5, 0.6) is 0 Å². The Morgan fingerprint density at radius 1 is 1.55 bits per heavy atom. The molecule has 0 aliphatic carbocycles. The molecule has 1 aromatic heterocycles. The number of rotatable bonds is 6. The van der Waals surface area contributed by atoms with Crippen LogP contribution in [-0.4, -0.2) is 30.6 Å². The number of aromatic amines is 1. The smallest absolute Gasteiger partial charge is 0.408 e. The molecule has 20 heavy (non-hydrogen) atoms. The number of fused-ring (bicyclic) bond motifs is 1. The van der Waals surface area contributed by atoms with Crippen LogP contribution in [0.25, 0.3) is 11.1 Å². The van der Waals surface area contributed by atoms with Gasteiger partial charge < -0.3 is 20.2 Å². The summed E-state index contributed by atoms with van der Waals surface area (Å²) in [7, 11) is 1.60. The van der Waals surface area contributed by atoms with Crippen LogP contribution < -0.4 is 16.8 Å². The molecule has 1 atom stereocenters. The molecule has 4 N–H and O–H groups in total. The van der Waals surface area contributed by atoms with Crippen LogP contribution in [-0.2, 0) is 9.53 Å². The van der Waals surface area contributed by atoms with Crippen molar-refractivity contribution in [3.63, 3.8) is 0 Å². The second-order valence-corrected chi connectivity index (χ2v) is 4.46. The molecule has 7 heteroatoms. The number of nitrogens with two attached hydrogens (primary N) is 1. The Morgan fingerprint density at radius 2 is 2.35 bits per heavy atom. The maximum absolute atomic E-state index is 11.9. The summed E-state index contributed by atoms with van der Waals surface area (Å²) in [5, 5.41) is 2.70. The maximum Gasteiger partial charge on any atom is 0.417 e. The second kappa shape index (κ2) is 6.36. The number of carbonyl (C=O) groups is 1. The van der Waals surface area contributed by atoms with Crippen LogP contribution in [0.1, 0.15) is 12.8 Å². The quantitative estimate of drug-likeness (QED) is 0.678. The highest BCUT2D eigenvalue weighted by molar-refractivity contribution is 5.96. The van der Waals surface area contributed by atoms with E-state index < -0.39 is 11.8 Å². The Hall–Kier alpha value is -2.12. The summed E-state index contributed by atoms with van der Waals surface area (Å²) >= 11 is 0. The number of hydrogen-bond donors (Lipinski definition) is 3. The molecule has 0 fully saturated rings. The van der Waals surface area contributed by atoms with E-state index >= 15 is 0 Å². The van der Waals surface area contributed by atoms with Gasteiger partial charge in [-0.3, -0.25) is 9.78 Å². The van der Waals surface area contributed by atoms with Crippen LogP contribution in [0.15, 0.2) is 27.4 Å². The van der Waals surface area contributed by atoms with Gasteiger partial charge in [0, 0.05) is 19.4 Å². The van der Waals surface area contributed by atoms with Crippen molar-refractivity contribution < 1.29 is 13.9 Å². The highest BCUT2D eigenvalue weighted by Gasteiger charge is 2.13.